The van der Waals surface area contributed by atoms with Crippen LogP contribution in [0.2, 0.25) is 0 Å². The molecule has 0 aromatic heterocycles. The highest BCUT2D eigenvalue weighted by atomic mass is 16.5. The molecule has 1 aliphatic heterocycles. The van der Waals surface area contributed by atoms with Crippen LogP contribution in [-0.2, 0) is 4.74 Å². The minimum absolute atomic E-state index is 0.774. The molecule has 0 saturated heterocycles. The molecule has 1 nitrogen and oxygen atoms in total. The molecule has 0 radical (unpaired) electrons. The van der Waals surface area contributed by atoms with E-state index in [-0.39, 0.29) is 0 Å². The van der Waals surface area contributed by atoms with E-state index in [2.05, 4.69) is 19.1 Å². The van der Waals surface area contributed by atoms with E-state index in [0.29, 0.717) is 0 Å². The molecule has 1 heteroatoms. The third-order valence-corrected chi connectivity index (χ3v) is 2.56. The lowest BCUT2D eigenvalue weighted by Gasteiger charge is -2.14. The van der Waals surface area contributed by atoms with Crippen LogP contribution in [0.1, 0.15) is 26.2 Å². The molecule has 0 N–H and O–H groups in total. The Hall–Kier alpha value is -0.720. The highest BCUT2D eigenvalue weighted by Gasteiger charge is 2.19. The summed E-state index contributed by atoms with van der Waals surface area (Å²) in [5.41, 5.74) is 1.54. The average molecular weight is 150 g/mol. The molecular formula is C10H14O. The van der Waals surface area contributed by atoms with Crippen molar-refractivity contribution in [3.8, 4) is 0 Å². The number of hydrogen-bond acceptors (Lipinski definition) is 1. The SMILES string of the molecule is CCC1C=CC2=C(CCO2)C1. The summed E-state index contributed by atoms with van der Waals surface area (Å²) in [5, 5.41) is 0. The monoisotopic (exact) mass is 150 g/mol. The molecule has 0 bridgehead atoms. The van der Waals surface area contributed by atoms with Crippen LogP contribution in [-0.4, -0.2) is 6.61 Å². The summed E-state index contributed by atoms with van der Waals surface area (Å²) in [5.74, 6) is 1.94. The fraction of sp³-hybridized carbons (Fsp3) is 0.600. The Labute approximate surface area is 67.7 Å². The van der Waals surface area contributed by atoms with Crippen LogP contribution < -0.4 is 0 Å². The lowest BCUT2D eigenvalue weighted by atomic mass is 9.91. The van der Waals surface area contributed by atoms with Crippen molar-refractivity contribution in [3.63, 3.8) is 0 Å². The van der Waals surface area contributed by atoms with Crippen molar-refractivity contribution >= 4 is 0 Å². The van der Waals surface area contributed by atoms with Crippen molar-refractivity contribution < 1.29 is 4.74 Å². The van der Waals surface area contributed by atoms with Crippen LogP contribution in [0.25, 0.3) is 0 Å². The fourth-order valence-electron chi connectivity index (χ4n) is 1.77. The Morgan fingerprint density at radius 3 is 3.36 bits per heavy atom. The zero-order valence-corrected chi connectivity index (χ0v) is 6.97. The summed E-state index contributed by atoms with van der Waals surface area (Å²) in [6, 6.07) is 0. The molecule has 0 fully saturated rings. The first kappa shape index (κ1) is 6.96. The highest BCUT2D eigenvalue weighted by Crippen LogP contribution is 2.32. The van der Waals surface area contributed by atoms with Gasteiger partial charge in [-0.25, -0.2) is 0 Å². The Kier molecular flexibility index (Phi) is 1.72. The van der Waals surface area contributed by atoms with Crippen LogP contribution >= 0.6 is 0 Å². The summed E-state index contributed by atoms with van der Waals surface area (Å²) >= 11 is 0. The molecule has 1 heterocycles. The second-order valence-electron chi connectivity index (χ2n) is 3.30. The Morgan fingerprint density at radius 2 is 2.55 bits per heavy atom. The van der Waals surface area contributed by atoms with Crippen molar-refractivity contribution in [3.05, 3.63) is 23.5 Å². The van der Waals surface area contributed by atoms with Crippen molar-refractivity contribution in [2.24, 2.45) is 5.92 Å². The van der Waals surface area contributed by atoms with E-state index < -0.39 is 0 Å². The van der Waals surface area contributed by atoms with E-state index in [1.54, 1.807) is 5.57 Å². The largest absolute Gasteiger partial charge is 0.493 e. The van der Waals surface area contributed by atoms with Gasteiger partial charge in [0.2, 0.25) is 0 Å². The topological polar surface area (TPSA) is 9.23 Å². The molecule has 11 heavy (non-hydrogen) atoms. The van der Waals surface area contributed by atoms with Crippen LogP contribution in [0.15, 0.2) is 23.5 Å². The Morgan fingerprint density at radius 1 is 1.64 bits per heavy atom. The van der Waals surface area contributed by atoms with Crippen LogP contribution in [0, 0.1) is 5.92 Å². The van der Waals surface area contributed by atoms with Crippen molar-refractivity contribution in [2.45, 2.75) is 26.2 Å². The normalized spacial score (nSPS) is 28.6. The molecule has 60 valence electrons. The minimum atomic E-state index is 0.774. The molecule has 1 unspecified atom stereocenters. The third-order valence-electron chi connectivity index (χ3n) is 2.56. The van der Waals surface area contributed by atoms with Gasteiger partial charge in [-0.15, -0.1) is 0 Å². The summed E-state index contributed by atoms with van der Waals surface area (Å²) in [7, 11) is 0. The Balaban J connectivity index is 2.12. The summed E-state index contributed by atoms with van der Waals surface area (Å²) in [4.78, 5) is 0. The van der Waals surface area contributed by atoms with Gasteiger partial charge in [0.05, 0.1) is 6.61 Å². The standard InChI is InChI=1S/C10H14O/c1-2-8-3-4-10-9(7-8)5-6-11-10/h3-4,8H,2,5-7H2,1H3. The van der Waals surface area contributed by atoms with E-state index in [4.69, 9.17) is 4.74 Å². The lowest BCUT2D eigenvalue weighted by molar-refractivity contribution is 0.256. The fourth-order valence-corrected chi connectivity index (χ4v) is 1.77. The lowest BCUT2D eigenvalue weighted by Crippen LogP contribution is -2.01. The first-order valence-corrected chi connectivity index (χ1v) is 4.43. The minimum Gasteiger partial charge on any atom is -0.493 e. The van der Waals surface area contributed by atoms with Gasteiger partial charge < -0.3 is 4.74 Å². The molecule has 2 rings (SSSR count). The summed E-state index contributed by atoms with van der Waals surface area (Å²) in [6.07, 6.45) is 8.09. The van der Waals surface area contributed by atoms with E-state index in [1.807, 2.05) is 0 Å². The zero-order valence-electron chi connectivity index (χ0n) is 6.97. The predicted octanol–water partition coefficient (Wildman–Crippen LogP) is 2.65. The van der Waals surface area contributed by atoms with Gasteiger partial charge in [-0.1, -0.05) is 13.0 Å². The van der Waals surface area contributed by atoms with Gasteiger partial charge in [-0.2, -0.15) is 0 Å². The molecule has 1 aliphatic carbocycles. The van der Waals surface area contributed by atoms with Crippen LogP contribution in [0.4, 0.5) is 0 Å². The van der Waals surface area contributed by atoms with E-state index >= 15 is 0 Å². The van der Waals surface area contributed by atoms with Gasteiger partial charge >= 0.3 is 0 Å². The number of allylic oxidation sites excluding steroid dienone is 2. The first-order chi connectivity index (χ1) is 5.40. The van der Waals surface area contributed by atoms with Gasteiger partial charge in [0.15, 0.2) is 0 Å². The van der Waals surface area contributed by atoms with Gasteiger partial charge in [0.1, 0.15) is 5.76 Å². The predicted molar refractivity (Wildman–Crippen MR) is 45.1 cm³/mol. The first-order valence-electron chi connectivity index (χ1n) is 4.43. The quantitative estimate of drug-likeness (QED) is 0.558. The van der Waals surface area contributed by atoms with Crippen LogP contribution in [0.3, 0.4) is 0 Å². The van der Waals surface area contributed by atoms with Gasteiger partial charge in [0, 0.05) is 6.42 Å². The zero-order chi connectivity index (χ0) is 7.68. The average Bonchev–Trinajstić information content (AvgIpc) is 2.50. The molecule has 0 saturated carbocycles. The van der Waals surface area contributed by atoms with E-state index in [9.17, 15) is 0 Å². The number of hydrogen-bond donors (Lipinski definition) is 0. The van der Waals surface area contributed by atoms with Crippen LogP contribution in [0.5, 0.6) is 0 Å². The van der Waals surface area contributed by atoms with E-state index in [1.165, 1.54) is 12.8 Å². The maximum atomic E-state index is 5.44. The number of ether oxygens (including phenoxy) is 1. The summed E-state index contributed by atoms with van der Waals surface area (Å²) in [6.45, 7) is 3.15. The number of rotatable bonds is 1. The third kappa shape index (κ3) is 1.20. The molecule has 0 spiro atoms. The maximum Gasteiger partial charge on any atom is 0.118 e. The molecule has 2 aliphatic rings. The van der Waals surface area contributed by atoms with Gasteiger partial charge in [-0.05, 0) is 30.4 Å². The second kappa shape index (κ2) is 2.72. The Bertz CT molecular complexity index is 213. The van der Waals surface area contributed by atoms with E-state index in [0.717, 1.165) is 24.7 Å². The molecule has 0 aromatic rings. The summed E-state index contributed by atoms with van der Waals surface area (Å²) < 4.78 is 5.44. The smallest absolute Gasteiger partial charge is 0.118 e. The molecule has 0 amide bonds. The van der Waals surface area contributed by atoms with Gasteiger partial charge in [0.25, 0.3) is 0 Å². The molecule has 1 atom stereocenters. The van der Waals surface area contributed by atoms with Gasteiger partial charge in [-0.3, -0.25) is 0 Å². The highest BCUT2D eigenvalue weighted by molar-refractivity contribution is 5.28. The maximum absolute atomic E-state index is 5.44. The second-order valence-corrected chi connectivity index (χ2v) is 3.30. The molecular weight excluding hydrogens is 136 g/mol. The molecule has 0 aromatic carbocycles. The van der Waals surface area contributed by atoms with Crippen molar-refractivity contribution in [1.29, 1.82) is 0 Å². The van der Waals surface area contributed by atoms with Crippen molar-refractivity contribution in [1.82, 2.24) is 0 Å². The van der Waals surface area contributed by atoms with Crippen molar-refractivity contribution in [2.75, 3.05) is 6.61 Å².